The van der Waals surface area contributed by atoms with Gasteiger partial charge in [0.2, 0.25) is 0 Å². The van der Waals surface area contributed by atoms with Crippen LogP contribution >= 0.6 is 11.8 Å². The van der Waals surface area contributed by atoms with Gasteiger partial charge in [0, 0.05) is 41.2 Å². The number of ketones is 1. The number of aliphatic hydroxyl groups excluding tert-OH is 1. The Hall–Kier alpha value is -3.45. The maximum atomic E-state index is 13.4. The third kappa shape index (κ3) is 4.53. The number of aliphatic carboxylic acids is 1. The van der Waals surface area contributed by atoms with Crippen molar-refractivity contribution in [2.45, 2.75) is 56.8 Å². The molecule has 2 heterocycles. The topological polar surface area (TPSA) is 81.1 Å². The summed E-state index contributed by atoms with van der Waals surface area (Å²) in [5.74, 6) is -1.35. The number of rotatable bonds is 9. The number of anilines is 2. The number of carboxylic acid groups (broad SMARTS) is 1. The SMILES string of the molecule is CCN1C(=CC2C(=O)C(C=C3N(CCCCCC(=O)O)c4ccccc4C3(C)C)=C2O)Sc2ccccc21. The molecule has 6 nitrogen and oxygen atoms in total. The van der Waals surface area contributed by atoms with E-state index >= 15 is 0 Å². The van der Waals surface area contributed by atoms with Crippen LogP contribution < -0.4 is 9.80 Å². The lowest BCUT2D eigenvalue weighted by atomic mass is 9.78. The molecule has 0 radical (unpaired) electrons. The lowest BCUT2D eigenvalue weighted by Crippen LogP contribution is -2.33. The molecule has 0 aromatic heterocycles. The van der Waals surface area contributed by atoms with Crippen molar-refractivity contribution in [2.75, 3.05) is 22.9 Å². The third-order valence-corrected chi connectivity index (χ3v) is 8.86. The average Bonchev–Trinajstić information content (AvgIpc) is 3.36. The first kappa shape index (κ1) is 26.2. The van der Waals surface area contributed by atoms with Crippen LogP contribution in [0.15, 0.2) is 87.6 Å². The predicted octanol–water partition coefficient (Wildman–Crippen LogP) is 6.80. The Labute approximate surface area is 228 Å². The molecule has 0 spiro atoms. The molecule has 0 fully saturated rings. The van der Waals surface area contributed by atoms with E-state index < -0.39 is 11.9 Å². The molecule has 2 aromatic rings. The third-order valence-electron chi connectivity index (χ3n) is 7.73. The zero-order chi connectivity index (χ0) is 27.0. The van der Waals surface area contributed by atoms with E-state index in [0.717, 1.165) is 52.9 Å². The van der Waals surface area contributed by atoms with Gasteiger partial charge >= 0.3 is 5.97 Å². The molecule has 2 N–H and O–H groups in total. The lowest BCUT2D eigenvalue weighted by Gasteiger charge is -2.31. The number of carbonyl (C=O) groups is 2. The molecule has 2 aliphatic heterocycles. The van der Waals surface area contributed by atoms with Crippen LogP contribution in [0.25, 0.3) is 0 Å². The molecule has 1 atom stereocenters. The first-order valence-electron chi connectivity index (χ1n) is 13.3. The molecule has 0 saturated carbocycles. The van der Waals surface area contributed by atoms with Crippen LogP contribution in [0.4, 0.5) is 11.4 Å². The van der Waals surface area contributed by atoms with Crippen molar-refractivity contribution in [3.63, 3.8) is 0 Å². The molecular weight excluding hydrogens is 496 g/mol. The standard InChI is InChI=1S/C31H34N2O4S/c1-4-32-24-14-9-10-15-25(24)38-27(32)19-21-29(36)20(30(21)37)18-26-31(2,3)22-12-7-8-13-23(22)33(26)17-11-5-6-16-28(34)35/h7-10,12-15,18-19,21,36H,4-6,11,16-17H2,1-3H3,(H,34,35). The van der Waals surface area contributed by atoms with Crippen molar-refractivity contribution in [2.24, 2.45) is 5.92 Å². The summed E-state index contributed by atoms with van der Waals surface area (Å²) in [7, 11) is 0. The molecule has 0 saturated heterocycles. The van der Waals surface area contributed by atoms with Crippen LogP contribution in [0.5, 0.6) is 0 Å². The maximum absolute atomic E-state index is 13.4. The van der Waals surface area contributed by atoms with E-state index in [-0.39, 0.29) is 23.4 Å². The number of para-hydroxylation sites is 2. The molecule has 2 aromatic carbocycles. The van der Waals surface area contributed by atoms with Crippen LogP contribution in [-0.4, -0.2) is 35.1 Å². The fraction of sp³-hybridized carbons (Fsp3) is 0.355. The highest BCUT2D eigenvalue weighted by atomic mass is 32.2. The first-order valence-corrected chi connectivity index (χ1v) is 14.1. The van der Waals surface area contributed by atoms with E-state index in [0.29, 0.717) is 12.0 Å². The second kappa shape index (κ2) is 10.4. The van der Waals surface area contributed by atoms with Crippen LogP contribution in [0.1, 0.15) is 52.0 Å². The van der Waals surface area contributed by atoms with Crippen LogP contribution in [0.3, 0.4) is 0 Å². The highest BCUT2D eigenvalue weighted by Crippen LogP contribution is 2.50. The Morgan fingerprint density at radius 3 is 2.45 bits per heavy atom. The number of nitrogens with zero attached hydrogens (tertiary/aromatic N) is 2. The van der Waals surface area contributed by atoms with Gasteiger partial charge in [-0.15, -0.1) is 0 Å². The van der Waals surface area contributed by atoms with Crippen molar-refractivity contribution >= 4 is 34.9 Å². The van der Waals surface area contributed by atoms with Gasteiger partial charge in [-0.3, -0.25) is 9.59 Å². The number of carbonyl (C=O) groups excluding carboxylic acids is 1. The highest BCUT2D eigenvalue weighted by Gasteiger charge is 2.43. The zero-order valence-corrected chi connectivity index (χ0v) is 22.9. The minimum absolute atomic E-state index is 0.0664. The molecule has 0 bridgehead atoms. The molecular formula is C31H34N2O4S. The van der Waals surface area contributed by atoms with Crippen molar-refractivity contribution in [3.05, 3.63) is 88.3 Å². The molecule has 3 aliphatic rings. The molecule has 1 aliphatic carbocycles. The number of thioether (sulfide) groups is 1. The molecule has 7 heteroatoms. The van der Waals surface area contributed by atoms with E-state index in [4.69, 9.17) is 5.11 Å². The van der Waals surface area contributed by atoms with Gasteiger partial charge in [-0.1, -0.05) is 62.4 Å². The second-order valence-corrected chi connectivity index (χ2v) is 11.5. The quantitative estimate of drug-likeness (QED) is 0.345. The van der Waals surface area contributed by atoms with Gasteiger partial charge in [0.25, 0.3) is 0 Å². The normalized spacial score (nSPS) is 21.8. The number of fused-ring (bicyclic) bond motifs is 2. The van der Waals surface area contributed by atoms with E-state index in [9.17, 15) is 14.7 Å². The van der Waals surface area contributed by atoms with Gasteiger partial charge in [0.05, 0.1) is 16.3 Å². The average molecular weight is 531 g/mol. The molecule has 5 rings (SSSR count). The lowest BCUT2D eigenvalue weighted by molar-refractivity contribution is -0.137. The summed E-state index contributed by atoms with van der Waals surface area (Å²) in [4.78, 5) is 29.8. The van der Waals surface area contributed by atoms with Crippen molar-refractivity contribution in [1.29, 1.82) is 0 Å². The van der Waals surface area contributed by atoms with E-state index in [1.165, 1.54) is 5.56 Å². The van der Waals surface area contributed by atoms with Gasteiger partial charge in [0.15, 0.2) is 5.78 Å². The Morgan fingerprint density at radius 1 is 1.03 bits per heavy atom. The number of carboxylic acids is 1. The number of hydrogen-bond acceptors (Lipinski definition) is 6. The van der Waals surface area contributed by atoms with Gasteiger partial charge in [-0.25, -0.2) is 0 Å². The Balaban J connectivity index is 1.41. The largest absolute Gasteiger partial charge is 0.510 e. The minimum Gasteiger partial charge on any atom is -0.510 e. The van der Waals surface area contributed by atoms with E-state index in [2.05, 4.69) is 54.8 Å². The van der Waals surface area contributed by atoms with Crippen molar-refractivity contribution < 1.29 is 19.8 Å². The maximum Gasteiger partial charge on any atom is 0.303 e. The number of hydrogen-bond donors (Lipinski definition) is 2. The Morgan fingerprint density at radius 2 is 1.74 bits per heavy atom. The summed E-state index contributed by atoms with van der Waals surface area (Å²) in [6, 6.07) is 16.4. The molecule has 0 amide bonds. The summed E-state index contributed by atoms with van der Waals surface area (Å²) < 4.78 is 0. The van der Waals surface area contributed by atoms with Crippen molar-refractivity contribution in [1.82, 2.24) is 0 Å². The van der Waals surface area contributed by atoms with Crippen LogP contribution in [0, 0.1) is 5.92 Å². The Bertz CT molecular complexity index is 1370. The van der Waals surface area contributed by atoms with Crippen molar-refractivity contribution in [3.8, 4) is 0 Å². The number of benzene rings is 2. The monoisotopic (exact) mass is 530 g/mol. The van der Waals surface area contributed by atoms with Gasteiger partial charge in [-0.05, 0) is 55.7 Å². The van der Waals surface area contributed by atoms with Gasteiger partial charge in [-0.2, -0.15) is 0 Å². The van der Waals surface area contributed by atoms with Crippen LogP contribution in [0.2, 0.25) is 0 Å². The number of Topliss-reactive ketones (excluding diaryl/α,β-unsaturated/α-hetero) is 1. The highest BCUT2D eigenvalue weighted by molar-refractivity contribution is 8.03. The first-order chi connectivity index (χ1) is 18.2. The van der Waals surface area contributed by atoms with Gasteiger partial charge < -0.3 is 20.0 Å². The summed E-state index contributed by atoms with van der Waals surface area (Å²) in [5, 5.41) is 21.0. The molecule has 38 heavy (non-hydrogen) atoms. The van der Waals surface area contributed by atoms with Crippen LogP contribution in [-0.2, 0) is 15.0 Å². The fourth-order valence-electron chi connectivity index (χ4n) is 5.65. The number of aliphatic hydroxyl groups is 1. The van der Waals surface area contributed by atoms with E-state index in [1.807, 2.05) is 36.4 Å². The second-order valence-electron chi connectivity index (χ2n) is 10.5. The summed E-state index contributed by atoms with van der Waals surface area (Å²) in [6.45, 7) is 7.89. The smallest absolute Gasteiger partial charge is 0.303 e. The number of unbranched alkanes of at least 4 members (excludes halogenated alkanes) is 2. The summed E-state index contributed by atoms with van der Waals surface area (Å²) >= 11 is 1.63. The molecule has 1 unspecified atom stereocenters. The van der Waals surface area contributed by atoms with Gasteiger partial charge in [0.1, 0.15) is 11.7 Å². The summed E-state index contributed by atoms with van der Waals surface area (Å²) in [5.41, 5.74) is 4.44. The molecule has 198 valence electrons. The Kier molecular flexibility index (Phi) is 7.14. The fourth-order valence-corrected chi connectivity index (χ4v) is 6.85. The zero-order valence-electron chi connectivity index (χ0n) is 22.1. The number of allylic oxidation sites excluding steroid dienone is 4. The predicted molar refractivity (Wildman–Crippen MR) is 153 cm³/mol. The van der Waals surface area contributed by atoms with E-state index in [1.54, 1.807) is 11.8 Å². The summed E-state index contributed by atoms with van der Waals surface area (Å²) in [6.07, 6.45) is 6.24. The minimum atomic E-state index is -0.768.